The molecule has 0 amide bonds. The maximum Gasteiger partial charge on any atom is 0.132 e. The minimum Gasteiger partial charge on any atom is -0.388 e. The van der Waals surface area contributed by atoms with E-state index in [9.17, 15) is 5.11 Å². The van der Waals surface area contributed by atoms with Gasteiger partial charge in [0, 0.05) is 41.4 Å². The normalized spacial score (nSPS) is 15.2. The van der Waals surface area contributed by atoms with E-state index < -0.39 is 6.10 Å². The molecule has 0 aliphatic heterocycles. The fourth-order valence-corrected chi connectivity index (χ4v) is 3.21. The van der Waals surface area contributed by atoms with Crippen LogP contribution in [0.25, 0.3) is 16.3 Å². The Morgan fingerprint density at radius 1 is 1.18 bits per heavy atom. The molecule has 2 rings (SSSR count). The Morgan fingerprint density at radius 2 is 1.82 bits per heavy atom. The predicted octanol–water partition coefficient (Wildman–Crippen LogP) is 5.82. The number of hydrogen-bond donors (Lipinski definition) is 2. The maximum absolute atomic E-state index is 15.4. The van der Waals surface area contributed by atoms with Gasteiger partial charge in [-0.3, -0.25) is 4.98 Å². The van der Waals surface area contributed by atoms with Gasteiger partial charge in [0.05, 0.1) is 11.8 Å². The zero-order valence-electron chi connectivity index (χ0n) is 17.6. The topological polar surface area (TPSA) is 58.0 Å². The summed E-state index contributed by atoms with van der Waals surface area (Å²) in [6.07, 6.45) is 5.74. The fraction of sp³-hybridized carbons (Fsp3) is 0.391. The SMILES string of the molecule is C\C=C(/C(C)=C(F)\C(=C(/C)CC)C(O)CC)c1cc2cnc(NC)cc2cn1. The summed E-state index contributed by atoms with van der Waals surface area (Å²) >= 11 is 0. The van der Waals surface area contributed by atoms with Crippen LogP contribution < -0.4 is 5.32 Å². The average molecular weight is 384 g/mol. The highest BCUT2D eigenvalue weighted by molar-refractivity contribution is 5.88. The van der Waals surface area contributed by atoms with Gasteiger partial charge in [-0.1, -0.05) is 25.5 Å². The van der Waals surface area contributed by atoms with E-state index in [1.165, 1.54) is 0 Å². The van der Waals surface area contributed by atoms with Crippen molar-refractivity contribution in [3.05, 3.63) is 58.8 Å². The molecule has 28 heavy (non-hydrogen) atoms. The molecule has 0 aliphatic rings. The summed E-state index contributed by atoms with van der Waals surface area (Å²) in [4.78, 5) is 8.89. The summed E-state index contributed by atoms with van der Waals surface area (Å²) in [5.74, 6) is 0.404. The summed E-state index contributed by atoms with van der Waals surface area (Å²) in [6.45, 7) is 9.30. The number of fused-ring (bicyclic) bond motifs is 1. The third kappa shape index (κ3) is 4.47. The molecule has 5 heteroatoms. The van der Waals surface area contributed by atoms with Crippen LogP contribution in [0.2, 0.25) is 0 Å². The lowest BCUT2D eigenvalue weighted by Crippen LogP contribution is -2.13. The van der Waals surface area contributed by atoms with E-state index >= 15 is 4.39 Å². The Labute approximate surface area is 166 Å². The Kier molecular flexibility index (Phi) is 7.46. The Bertz CT molecular complexity index is 944. The molecule has 0 radical (unpaired) electrons. The number of rotatable bonds is 7. The number of anilines is 1. The Morgan fingerprint density at radius 3 is 2.39 bits per heavy atom. The monoisotopic (exact) mass is 383 g/mol. The fourth-order valence-electron chi connectivity index (χ4n) is 3.21. The van der Waals surface area contributed by atoms with Crippen LogP contribution in [0.15, 0.2) is 53.1 Å². The van der Waals surface area contributed by atoms with Crippen LogP contribution >= 0.6 is 0 Å². The van der Waals surface area contributed by atoms with Crippen LogP contribution in [0.4, 0.5) is 10.2 Å². The molecule has 1 unspecified atom stereocenters. The van der Waals surface area contributed by atoms with Gasteiger partial charge in [0.15, 0.2) is 0 Å². The third-order valence-corrected chi connectivity index (χ3v) is 5.10. The maximum atomic E-state index is 15.4. The second-order valence-corrected chi connectivity index (χ2v) is 6.85. The lowest BCUT2D eigenvalue weighted by molar-refractivity contribution is 0.203. The molecule has 1 atom stereocenters. The second kappa shape index (κ2) is 9.60. The van der Waals surface area contributed by atoms with Gasteiger partial charge in [0.1, 0.15) is 11.6 Å². The van der Waals surface area contributed by atoms with Gasteiger partial charge in [0.2, 0.25) is 0 Å². The Balaban J connectivity index is 2.57. The molecule has 150 valence electrons. The summed E-state index contributed by atoms with van der Waals surface area (Å²) in [7, 11) is 1.82. The number of aromatic nitrogens is 2. The standard InChI is InChI=1S/C23H30FN3O/c1-7-14(4)22(20(28)9-3)23(24)15(5)18(8-2)19-10-16-13-27-21(25-6)11-17(16)12-26-19/h8,10-13,20,28H,7,9H2,1-6H3,(H,25,27)/b18-8+,22-14+,23-15+. The van der Waals surface area contributed by atoms with Crippen LogP contribution in [0.5, 0.6) is 0 Å². The molecule has 0 bridgehead atoms. The molecule has 2 heterocycles. The quantitative estimate of drug-likeness (QED) is 0.592. The first-order valence-corrected chi connectivity index (χ1v) is 9.72. The number of aliphatic hydroxyl groups is 1. The van der Waals surface area contributed by atoms with E-state index in [4.69, 9.17) is 0 Å². The lowest BCUT2D eigenvalue weighted by Gasteiger charge is -2.18. The zero-order chi connectivity index (χ0) is 20.8. The average Bonchev–Trinajstić information content (AvgIpc) is 2.73. The van der Waals surface area contributed by atoms with Gasteiger partial charge < -0.3 is 10.4 Å². The van der Waals surface area contributed by atoms with Gasteiger partial charge in [-0.2, -0.15) is 0 Å². The minimum atomic E-state index is -0.818. The van der Waals surface area contributed by atoms with Crippen molar-refractivity contribution in [3.63, 3.8) is 0 Å². The molecule has 4 nitrogen and oxygen atoms in total. The van der Waals surface area contributed by atoms with Crippen LogP contribution in [-0.4, -0.2) is 28.2 Å². The number of allylic oxidation sites excluding steroid dienone is 4. The molecular weight excluding hydrogens is 353 g/mol. The molecule has 2 aromatic heterocycles. The number of halogens is 1. The van der Waals surface area contributed by atoms with Crippen molar-refractivity contribution in [2.45, 2.75) is 53.6 Å². The number of aliphatic hydroxyl groups excluding tert-OH is 1. The Hall–Kier alpha value is -2.53. The number of nitrogens with one attached hydrogen (secondary N) is 1. The van der Waals surface area contributed by atoms with E-state index in [1.807, 2.05) is 53.0 Å². The summed E-state index contributed by atoms with van der Waals surface area (Å²) in [5, 5.41) is 15.3. The van der Waals surface area contributed by atoms with Gasteiger partial charge in [0.25, 0.3) is 0 Å². The first-order chi connectivity index (χ1) is 13.4. The van der Waals surface area contributed by atoms with E-state index in [2.05, 4.69) is 15.3 Å². The van der Waals surface area contributed by atoms with Crippen molar-refractivity contribution in [2.24, 2.45) is 0 Å². The molecule has 0 spiro atoms. The number of pyridine rings is 2. The van der Waals surface area contributed by atoms with Gasteiger partial charge in [-0.15, -0.1) is 0 Å². The van der Waals surface area contributed by atoms with Crippen LogP contribution in [0.1, 0.15) is 53.2 Å². The largest absolute Gasteiger partial charge is 0.388 e. The minimum absolute atomic E-state index is 0.368. The van der Waals surface area contributed by atoms with E-state index in [1.54, 1.807) is 19.3 Å². The van der Waals surface area contributed by atoms with Crippen molar-refractivity contribution >= 4 is 22.2 Å². The van der Waals surface area contributed by atoms with Crippen molar-refractivity contribution in [3.8, 4) is 0 Å². The first-order valence-electron chi connectivity index (χ1n) is 9.72. The van der Waals surface area contributed by atoms with Gasteiger partial charge >= 0.3 is 0 Å². The predicted molar refractivity (Wildman–Crippen MR) is 116 cm³/mol. The number of hydrogen-bond acceptors (Lipinski definition) is 4. The summed E-state index contributed by atoms with van der Waals surface area (Å²) in [5.41, 5.74) is 3.12. The third-order valence-electron chi connectivity index (χ3n) is 5.10. The van der Waals surface area contributed by atoms with E-state index in [0.717, 1.165) is 22.2 Å². The van der Waals surface area contributed by atoms with Gasteiger partial charge in [-0.05, 0) is 51.3 Å². The first kappa shape index (κ1) is 21.8. The highest BCUT2D eigenvalue weighted by atomic mass is 19.1. The van der Waals surface area contributed by atoms with Crippen molar-refractivity contribution in [2.75, 3.05) is 12.4 Å². The van der Waals surface area contributed by atoms with E-state index in [-0.39, 0.29) is 5.83 Å². The van der Waals surface area contributed by atoms with Crippen molar-refractivity contribution in [1.29, 1.82) is 0 Å². The molecule has 0 aromatic carbocycles. The molecule has 0 saturated carbocycles. The molecular formula is C23H30FN3O. The second-order valence-electron chi connectivity index (χ2n) is 6.85. The van der Waals surface area contributed by atoms with Crippen molar-refractivity contribution < 1.29 is 9.50 Å². The number of nitrogens with zero attached hydrogens (tertiary/aromatic N) is 2. The molecule has 0 saturated heterocycles. The highest BCUT2D eigenvalue weighted by Gasteiger charge is 2.21. The molecule has 0 fully saturated rings. The smallest absolute Gasteiger partial charge is 0.132 e. The van der Waals surface area contributed by atoms with Gasteiger partial charge in [-0.25, -0.2) is 9.37 Å². The molecule has 2 N–H and O–H groups in total. The molecule has 0 aliphatic carbocycles. The lowest BCUT2D eigenvalue weighted by atomic mass is 9.93. The summed E-state index contributed by atoms with van der Waals surface area (Å²) < 4.78 is 15.4. The van der Waals surface area contributed by atoms with E-state index in [0.29, 0.717) is 35.3 Å². The van der Waals surface area contributed by atoms with Crippen LogP contribution in [-0.2, 0) is 0 Å². The zero-order valence-corrected chi connectivity index (χ0v) is 17.6. The van der Waals surface area contributed by atoms with Crippen LogP contribution in [0, 0.1) is 0 Å². The molecule has 2 aromatic rings. The van der Waals surface area contributed by atoms with Crippen LogP contribution in [0.3, 0.4) is 0 Å². The van der Waals surface area contributed by atoms with Crippen molar-refractivity contribution in [1.82, 2.24) is 9.97 Å². The summed E-state index contributed by atoms with van der Waals surface area (Å²) in [6, 6.07) is 3.84. The highest BCUT2D eigenvalue weighted by Crippen LogP contribution is 2.33.